The minimum absolute atomic E-state index is 0.00789. The van der Waals surface area contributed by atoms with Gasteiger partial charge >= 0.3 is 0 Å². The summed E-state index contributed by atoms with van der Waals surface area (Å²) in [5.74, 6) is 0.375. The average Bonchev–Trinajstić information content (AvgIpc) is 2.78. The second-order valence-electron chi connectivity index (χ2n) is 7.08. The van der Waals surface area contributed by atoms with Crippen molar-refractivity contribution in [2.24, 2.45) is 0 Å². The smallest absolute Gasteiger partial charge is 0.260 e. The number of amides is 1. The molecule has 0 spiro atoms. The molecule has 1 fully saturated rings. The predicted molar refractivity (Wildman–Crippen MR) is 108 cm³/mol. The van der Waals surface area contributed by atoms with Crippen LogP contribution in [0.4, 0.5) is 4.39 Å². The summed E-state index contributed by atoms with van der Waals surface area (Å²) in [4.78, 5) is 23.5. The topological polar surface area (TPSA) is 55.3 Å². The maximum absolute atomic E-state index is 13.7. The Kier molecular flexibility index (Phi) is 5.79. The summed E-state index contributed by atoms with van der Waals surface area (Å²) in [6.45, 7) is 1.26. The van der Waals surface area contributed by atoms with Crippen LogP contribution in [0.25, 0.3) is 11.3 Å². The van der Waals surface area contributed by atoms with E-state index in [1.807, 2.05) is 41.3 Å². The highest BCUT2D eigenvalue weighted by Gasteiger charge is 2.28. The van der Waals surface area contributed by atoms with E-state index < -0.39 is 0 Å². The molecule has 3 aromatic rings. The quantitative estimate of drug-likeness (QED) is 0.658. The van der Waals surface area contributed by atoms with Crippen molar-refractivity contribution in [1.82, 2.24) is 14.9 Å². The summed E-state index contributed by atoms with van der Waals surface area (Å²) < 4.78 is 19.3. The van der Waals surface area contributed by atoms with Gasteiger partial charge < -0.3 is 9.64 Å². The van der Waals surface area contributed by atoms with Gasteiger partial charge in [0.15, 0.2) is 6.61 Å². The van der Waals surface area contributed by atoms with Crippen LogP contribution in [0.15, 0.2) is 67.0 Å². The van der Waals surface area contributed by atoms with Crippen molar-refractivity contribution in [1.29, 1.82) is 0 Å². The van der Waals surface area contributed by atoms with Crippen molar-refractivity contribution in [3.05, 3.63) is 78.5 Å². The van der Waals surface area contributed by atoms with Crippen molar-refractivity contribution >= 4 is 5.91 Å². The number of benzene rings is 2. The minimum atomic E-state index is -0.308. The first-order valence-corrected chi connectivity index (χ1v) is 9.73. The van der Waals surface area contributed by atoms with Crippen molar-refractivity contribution < 1.29 is 13.9 Å². The fourth-order valence-electron chi connectivity index (χ4n) is 3.69. The SMILES string of the molecule is O=C(COc1ccccc1)N1CCC[C@H](c2nccnc2-c2cccc(F)c2)C1. The Morgan fingerprint density at radius 3 is 2.76 bits per heavy atom. The monoisotopic (exact) mass is 391 g/mol. The minimum Gasteiger partial charge on any atom is -0.484 e. The van der Waals surface area contributed by atoms with E-state index in [4.69, 9.17) is 4.74 Å². The molecule has 4 rings (SSSR count). The lowest BCUT2D eigenvalue weighted by Gasteiger charge is -2.33. The van der Waals surface area contributed by atoms with Gasteiger partial charge in [-0.2, -0.15) is 0 Å². The Morgan fingerprint density at radius 1 is 1.10 bits per heavy atom. The normalized spacial score (nSPS) is 16.4. The number of hydrogen-bond acceptors (Lipinski definition) is 4. The van der Waals surface area contributed by atoms with Crippen molar-refractivity contribution in [2.75, 3.05) is 19.7 Å². The standard InChI is InChI=1S/C23H22FN3O2/c24-19-8-4-6-17(14-19)22-23(26-12-11-25-22)18-7-5-13-27(15-18)21(28)16-29-20-9-2-1-3-10-20/h1-4,6,8-12,14,18H,5,7,13,15-16H2/t18-/m0/s1. The van der Waals surface area contributed by atoms with Gasteiger partial charge in [0.05, 0.1) is 11.4 Å². The van der Waals surface area contributed by atoms with E-state index in [0.717, 1.165) is 18.5 Å². The molecule has 5 nitrogen and oxygen atoms in total. The number of likely N-dealkylation sites (tertiary alicyclic amines) is 1. The summed E-state index contributed by atoms with van der Waals surface area (Å²) in [6, 6.07) is 15.7. The highest BCUT2D eigenvalue weighted by molar-refractivity contribution is 5.78. The van der Waals surface area contributed by atoms with Gasteiger partial charge in [-0.25, -0.2) is 4.39 Å². The molecule has 1 atom stereocenters. The molecular weight excluding hydrogens is 369 g/mol. The molecule has 0 bridgehead atoms. The number of hydrogen-bond donors (Lipinski definition) is 0. The van der Waals surface area contributed by atoms with Crippen LogP contribution < -0.4 is 4.74 Å². The third kappa shape index (κ3) is 4.59. The molecule has 0 aliphatic carbocycles. The van der Waals surface area contributed by atoms with Gasteiger partial charge in [0, 0.05) is 37.0 Å². The Labute approximate surface area is 169 Å². The maximum Gasteiger partial charge on any atom is 0.260 e. The highest BCUT2D eigenvalue weighted by Crippen LogP contribution is 2.32. The lowest BCUT2D eigenvalue weighted by Crippen LogP contribution is -2.41. The van der Waals surface area contributed by atoms with Gasteiger partial charge in [0.2, 0.25) is 0 Å². The third-order valence-electron chi connectivity index (χ3n) is 5.09. The van der Waals surface area contributed by atoms with E-state index in [1.54, 1.807) is 18.5 Å². The molecule has 2 aromatic carbocycles. The van der Waals surface area contributed by atoms with Gasteiger partial charge in [-0.3, -0.25) is 14.8 Å². The van der Waals surface area contributed by atoms with Gasteiger partial charge in [-0.1, -0.05) is 30.3 Å². The van der Waals surface area contributed by atoms with Crippen LogP contribution in [-0.4, -0.2) is 40.5 Å². The Hall–Kier alpha value is -3.28. The van der Waals surface area contributed by atoms with Crippen LogP contribution >= 0.6 is 0 Å². The number of carbonyl (C=O) groups is 1. The summed E-state index contributed by atoms with van der Waals surface area (Å²) in [7, 11) is 0. The summed E-state index contributed by atoms with van der Waals surface area (Å²) in [6.07, 6.45) is 5.05. The average molecular weight is 391 g/mol. The molecule has 6 heteroatoms. The molecule has 1 saturated heterocycles. The lowest BCUT2D eigenvalue weighted by atomic mass is 9.91. The molecule has 0 N–H and O–H groups in total. The number of halogens is 1. The van der Waals surface area contributed by atoms with Crippen LogP contribution in [0.1, 0.15) is 24.5 Å². The highest BCUT2D eigenvalue weighted by atomic mass is 19.1. The lowest BCUT2D eigenvalue weighted by molar-refractivity contribution is -0.134. The Morgan fingerprint density at radius 2 is 1.93 bits per heavy atom. The summed E-state index contributed by atoms with van der Waals surface area (Å²) in [5, 5.41) is 0. The molecule has 0 radical (unpaired) electrons. The van der Waals surface area contributed by atoms with Crippen LogP contribution in [0.2, 0.25) is 0 Å². The molecule has 1 aromatic heterocycles. The molecule has 2 heterocycles. The van der Waals surface area contributed by atoms with E-state index >= 15 is 0 Å². The van der Waals surface area contributed by atoms with Gasteiger partial charge in [-0.05, 0) is 37.1 Å². The second-order valence-corrected chi connectivity index (χ2v) is 7.08. The van der Waals surface area contributed by atoms with E-state index in [1.165, 1.54) is 12.1 Å². The van der Waals surface area contributed by atoms with Crippen LogP contribution in [0, 0.1) is 5.82 Å². The Bertz CT molecular complexity index is 981. The second kappa shape index (κ2) is 8.82. The van der Waals surface area contributed by atoms with E-state index in [-0.39, 0.29) is 24.2 Å². The largest absolute Gasteiger partial charge is 0.484 e. The zero-order valence-corrected chi connectivity index (χ0v) is 16.0. The summed E-state index contributed by atoms with van der Waals surface area (Å²) in [5.41, 5.74) is 2.18. The molecule has 1 aliphatic heterocycles. The first-order valence-electron chi connectivity index (χ1n) is 9.73. The fourth-order valence-corrected chi connectivity index (χ4v) is 3.69. The fraction of sp³-hybridized carbons (Fsp3) is 0.261. The van der Waals surface area contributed by atoms with Crippen LogP contribution in [0.3, 0.4) is 0 Å². The van der Waals surface area contributed by atoms with Crippen LogP contribution in [-0.2, 0) is 4.79 Å². The number of carbonyl (C=O) groups excluding carboxylic acids is 1. The van der Waals surface area contributed by atoms with Gasteiger partial charge in [0.25, 0.3) is 5.91 Å². The van der Waals surface area contributed by atoms with Crippen LogP contribution in [0.5, 0.6) is 5.75 Å². The Balaban J connectivity index is 1.48. The van der Waals surface area contributed by atoms with E-state index in [9.17, 15) is 9.18 Å². The first-order chi connectivity index (χ1) is 14.2. The number of aromatic nitrogens is 2. The molecule has 0 unspecified atom stereocenters. The van der Waals surface area contributed by atoms with Crippen molar-refractivity contribution in [3.8, 4) is 17.0 Å². The number of ether oxygens (including phenoxy) is 1. The van der Waals surface area contributed by atoms with Gasteiger partial charge in [0.1, 0.15) is 11.6 Å². The van der Waals surface area contributed by atoms with E-state index in [2.05, 4.69) is 9.97 Å². The zero-order chi connectivity index (χ0) is 20.1. The number of para-hydroxylation sites is 1. The summed E-state index contributed by atoms with van der Waals surface area (Å²) >= 11 is 0. The van der Waals surface area contributed by atoms with Crippen molar-refractivity contribution in [2.45, 2.75) is 18.8 Å². The van der Waals surface area contributed by atoms with E-state index in [0.29, 0.717) is 30.1 Å². The number of piperidine rings is 1. The molecule has 1 aliphatic rings. The maximum atomic E-state index is 13.7. The van der Waals surface area contributed by atoms with Crippen molar-refractivity contribution in [3.63, 3.8) is 0 Å². The number of rotatable bonds is 5. The first kappa shape index (κ1) is 19.1. The molecule has 29 heavy (non-hydrogen) atoms. The molecular formula is C23H22FN3O2. The molecule has 148 valence electrons. The number of nitrogens with zero attached hydrogens (tertiary/aromatic N) is 3. The third-order valence-corrected chi connectivity index (χ3v) is 5.09. The molecule has 1 amide bonds. The predicted octanol–water partition coefficient (Wildman–Crippen LogP) is 4.07. The molecule has 0 saturated carbocycles. The van der Waals surface area contributed by atoms with Gasteiger partial charge in [-0.15, -0.1) is 0 Å². The zero-order valence-electron chi connectivity index (χ0n) is 16.0.